The predicted octanol–water partition coefficient (Wildman–Crippen LogP) is 0.660. The number of ether oxygens (including phenoxy) is 1. The third-order valence-electron chi connectivity index (χ3n) is 1.86. The third kappa shape index (κ3) is 1.73. The Hall–Kier alpha value is -1.10. The standard InChI is InChI=1S/C7H11N3O2/c1-2-6(11-3-1)4-8-7-10-9-5-12-7/h5-6H,1-4H2,(H,8,10). The van der Waals surface area contributed by atoms with Crippen LogP contribution in [0.25, 0.3) is 0 Å². The summed E-state index contributed by atoms with van der Waals surface area (Å²) in [6.07, 6.45) is 3.87. The molecule has 1 N–H and O–H groups in total. The second-order valence-corrected chi connectivity index (χ2v) is 2.76. The average molecular weight is 169 g/mol. The summed E-state index contributed by atoms with van der Waals surface area (Å²) in [6, 6.07) is 0.463. The van der Waals surface area contributed by atoms with Crippen molar-refractivity contribution in [3.63, 3.8) is 0 Å². The highest BCUT2D eigenvalue weighted by Gasteiger charge is 2.15. The van der Waals surface area contributed by atoms with Gasteiger partial charge < -0.3 is 14.5 Å². The predicted molar refractivity (Wildman–Crippen MR) is 41.8 cm³/mol. The van der Waals surface area contributed by atoms with E-state index in [4.69, 9.17) is 9.15 Å². The maximum absolute atomic E-state index is 5.40. The largest absolute Gasteiger partial charge is 0.411 e. The van der Waals surface area contributed by atoms with Crippen LogP contribution in [-0.2, 0) is 4.74 Å². The van der Waals surface area contributed by atoms with Gasteiger partial charge in [-0.05, 0) is 12.8 Å². The smallest absolute Gasteiger partial charge is 0.315 e. The maximum atomic E-state index is 5.40. The Morgan fingerprint density at radius 2 is 2.67 bits per heavy atom. The van der Waals surface area contributed by atoms with Crippen molar-refractivity contribution in [2.24, 2.45) is 0 Å². The first-order valence-electron chi connectivity index (χ1n) is 4.07. The molecule has 0 spiro atoms. The molecule has 1 atom stereocenters. The summed E-state index contributed by atoms with van der Waals surface area (Å²) in [5.41, 5.74) is 0. The van der Waals surface area contributed by atoms with Crippen molar-refractivity contribution in [1.29, 1.82) is 0 Å². The molecule has 1 aliphatic heterocycles. The maximum Gasteiger partial charge on any atom is 0.315 e. The first-order chi connectivity index (χ1) is 5.95. The van der Waals surface area contributed by atoms with Crippen molar-refractivity contribution in [1.82, 2.24) is 10.2 Å². The van der Waals surface area contributed by atoms with Gasteiger partial charge in [-0.15, -0.1) is 5.10 Å². The molecule has 5 nitrogen and oxygen atoms in total. The lowest BCUT2D eigenvalue weighted by atomic mass is 10.2. The van der Waals surface area contributed by atoms with Crippen LogP contribution < -0.4 is 5.32 Å². The normalized spacial score (nSPS) is 22.8. The number of hydrogen-bond acceptors (Lipinski definition) is 5. The van der Waals surface area contributed by atoms with Crippen molar-refractivity contribution in [2.75, 3.05) is 18.5 Å². The molecule has 0 bridgehead atoms. The second-order valence-electron chi connectivity index (χ2n) is 2.76. The number of rotatable bonds is 3. The average Bonchev–Trinajstić information content (AvgIpc) is 2.74. The number of hydrogen-bond donors (Lipinski definition) is 1. The summed E-state index contributed by atoms with van der Waals surface area (Å²) >= 11 is 0. The van der Waals surface area contributed by atoms with E-state index in [-0.39, 0.29) is 0 Å². The van der Waals surface area contributed by atoms with Gasteiger partial charge in [0.2, 0.25) is 6.39 Å². The van der Waals surface area contributed by atoms with E-state index in [0.717, 1.165) is 26.0 Å². The molecule has 66 valence electrons. The molecule has 5 heteroatoms. The van der Waals surface area contributed by atoms with Gasteiger partial charge in [0, 0.05) is 13.2 Å². The van der Waals surface area contributed by atoms with Crippen LogP contribution in [0.1, 0.15) is 12.8 Å². The van der Waals surface area contributed by atoms with Crippen molar-refractivity contribution < 1.29 is 9.15 Å². The minimum atomic E-state index is 0.303. The Labute approximate surface area is 70.1 Å². The van der Waals surface area contributed by atoms with E-state index in [0.29, 0.717) is 12.1 Å². The van der Waals surface area contributed by atoms with Crippen LogP contribution in [0.2, 0.25) is 0 Å². The van der Waals surface area contributed by atoms with E-state index in [1.807, 2.05) is 0 Å². The topological polar surface area (TPSA) is 60.2 Å². The summed E-state index contributed by atoms with van der Waals surface area (Å²) in [5.74, 6) is 0. The van der Waals surface area contributed by atoms with Gasteiger partial charge in [-0.25, -0.2) is 0 Å². The fourth-order valence-electron chi connectivity index (χ4n) is 1.26. The number of anilines is 1. The zero-order valence-electron chi connectivity index (χ0n) is 6.69. The summed E-state index contributed by atoms with van der Waals surface area (Å²) in [5, 5.41) is 10.2. The Balaban J connectivity index is 1.74. The van der Waals surface area contributed by atoms with Gasteiger partial charge in [-0.3, -0.25) is 0 Å². The lowest BCUT2D eigenvalue weighted by molar-refractivity contribution is 0.120. The lowest BCUT2D eigenvalue weighted by Crippen LogP contribution is -2.18. The second kappa shape index (κ2) is 3.53. The molecular formula is C7H11N3O2. The van der Waals surface area contributed by atoms with Gasteiger partial charge >= 0.3 is 6.01 Å². The molecule has 0 aliphatic carbocycles. The minimum absolute atomic E-state index is 0.303. The van der Waals surface area contributed by atoms with Crippen LogP contribution in [0.4, 0.5) is 6.01 Å². The minimum Gasteiger partial charge on any atom is -0.411 e. The van der Waals surface area contributed by atoms with Crippen molar-refractivity contribution in [2.45, 2.75) is 18.9 Å². The van der Waals surface area contributed by atoms with Crippen LogP contribution >= 0.6 is 0 Å². The molecule has 0 amide bonds. The van der Waals surface area contributed by atoms with Crippen LogP contribution in [-0.4, -0.2) is 29.5 Å². The molecule has 0 saturated carbocycles. The van der Waals surface area contributed by atoms with E-state index < -0.39 is 0 Å². The molecule has 1 aromatic rings. The molecule has 1 saturated heterocycles. The fourth-order valence-corrected chi connectivity index (χ4v) is 1.26. The third-order valence-corrected chi connectivity index (χ3v) is 1.86. The zero-order valence-corrected chi connectivity index (χ0v) is 6.69. The number of aromatic nitrogens is 2. The molecule has 0 aromatic carbocycles. The van der Waals surface area contributed by atoms with Gasteiger partial charge in [0.1, 0.15) is 0 Å². The first kappa shape index (κ1) is 7.54. The molecule has 2 rings (SSSR count). The summed E-state index contributed by atoms with van der Waals surface area (Å²) in [4.78, 5) is 0. The molecule has 2 heterocycles. The van der Waals surface area contributed by atoms with Crippen LogP contribution in [0.5, 0.6) is 0 Å². The van der Waals surface area contributed by atoms with Gasteiger partial charge in [0.25, 0.3) is 0 Å². The van der Waals surface area contributed by atoms with E-state index in [9.17, 15) is 0 Å². The van der Waals surface area contributed by atoms with E-state index >= 15 is 0 Å². The van der Waals surface area contributed by atoms with E-state index in [1.165, 1.54) is 6.39 Å². The Bertz CT molecular complexity index is 219. The zero-order chi connectivity index (χ0) is 8.23. The van der Waals surface area contributed by atoms with Gasteiger partial charge in [0.15, 0.2) is 0 Å². The molecule has 1 aromatic heterocycles. The monoisotopic (exact) mass is 169 g/mol. The molecule has 0 radical (unpaired) electrons. The highest BCUT2D eigenvalue weighted by atomic mass is 16.5. The van der Waals surface area contributed by atoms with Crippen LogP contribution in [0.3, 0.4) is 0 Å². The molecular weight excluding hydrogens is 158 g/mol. The van der Waals surface area contributed by atoms with Crippen LogP contribution in [0.15, 0.2) is 10.8 Å². The number of nitrogens with zero attached hydrogens (tertiary/aromatic N) is 2. The fraction of sp³-hybridized carbons (Fsp3) is 0.714. The summed E-state index contributed by atoms with van der Waals surface area (Å²) < 4.78 is 10.3. The highest BCUT2D eigenvalue weighted by Crippen LogP contribution is 2.12. The van der Waals surface area contributed by atoms with Crippen molar-refractivity contribution in [3.8, 4) is 0 Å². The van der Waals surface area contributed by atoms with Gasteiger partial charge in [-0.1, -0.05) is 5.10 Å². The summed E-state index contributed by atoms with van der Waals surface area (Å²) in [6.45, 7) is 1.62. The number of nitrogens with one attached hydrogen (secondary N) is 1. The van der Waals surface area contributed by atoms with Crippen molar-refractivity contribution in [3.05, 3.63) is 6.39 Å². The Kier molecular flexibility index (Phi) is 2.22. The summed E-state index contributed by atoms with van der Waals surface area (Å²) in [7, 11) is 0. The van der Waals surface area contributed by atoms with Crippen molar-refractivity contribution >= 4 is 6.01 Å². The first-order valence-corrected chi connectivity index (χ1v) is 4.07. The van der Waals surface area contributed by atoms with Gasteiger partial charge in [0.05, 0.1) is 6.10 Å². The molecule has 1 fully saturated rings. The molecule has 12 heavy (non-hydrogen) atoms. The lowest BCUT2D eigenvalue weighted by Gasteiger charge is -2.07. The van der Waals surface area contributed by atoms with Gasteiger partial charge in [-0.2, -0.15) is 0 Å². The Morgan fingerprint density at radius 3 is 3.33 bits per heavy atom. The quantitative estimate of drug-likeness (QED) is 0.720. The van der Waals surface area contributed by atoms with E-state index in [2.05, 4.69) is 15.5 Å². The Morgan fingerprint density at radius 1 is 1.67 bits per heavy atom. The van der Waals surface area contributed by atoms with E-state index in [1.54, 1.807) is 0 Å². The van der Waals surface area contributed by atoms with Crippen LogP contribution in [0, 0.1) is 0 Å². The molecule has 1 aliphatic rings. The highest BCUT2D eigenvalue weighted by molar-refractivity contribution is 5.15. The molecule has 1 unspecified atom stereocenters. The SMILES string of the molecule is c1nnc(NCC2CCCO2)o1.